The van der Waals surface area contributed by atoms with Crippen LogP contribution in [0.1, 0.15) is 60.3 Å². The molecule has 1 N–H and O–H groups in total. The highest BCUT2D eigenvalue weighted by Crippen LogP contribution is 2.02. The van der Waals surface area contributed by atoms with E-state index < -0.39 is 0 Å². The fourth-order valence-electron chi connectivity index (χ4n) is 1.19. The van der Waals surface area contributed by atoms with Crippen LogP contribution in [-0.2, 0) is 0 Å². The molecule has 0 saturated carbocycles. The largest absolute Gasteiger partial charge is 0.314 e. The standard InChI is InChI=1S/C9H21N.C2H6/c1-4-7-8-9(5-2)10-6-3;1-2/h9-10H,4-8H2,1-3H3;1-2H3. The van der Waals surface area contributed by atoms with E-state index in [9.17, 15) is 0 Å². The van der Waals surface area contributed by atoms with Gasteiger partial charge in [0.15, 0.2) is 0 Å². The fourth-order valence-corrected chi connectivity index (χ4v) is 1.19. The summed E-state index contributed by atoms with van der Waals surface area (Å²) in [7, 11) is 0. The summed E-state index contributed by atoms with van der Waals surface area (Å²) in [6.07, 6.45) is 5.31. The van der Waals surface area contributed by atoms with E-state index in [0.717, 1.165) is 12.6 Å². The van der Waals surface area contributed by atoms with Crippen molar-refractivity contribution in [1.29, 1.82) is 0 Å². The lowest BCUT2D eigenvalue weighted by atomic mass is 10.1. The van der Waals surface area contributed by atoms with Crippen molar-refractivity contribution in [3.63, 3.8) is 0 Å². The second kappa shape index (κ2) is 13.5. The van der Waals surface area contributed by atoms with E-state index in [4.69, 9.17) is 0 Å². The Morgan fingerprint density at radius 3 is 2.00 bits per heavy atom. The summed E-state index contributed by atoms with van der Waals surface area (Å²) in [5.74, 6) is 0. The van der Waals surface area contributed by atoms with Gasteiger partial charge in [-0.15, -0.1) is 0 Å². The SMILES string of the molecule is CC.CCCCC(CC)NCC. The Morgan fingerprint density at radius 1 is 1.08 bits per heavy atom. The minimum Gasteiger partial charge on any atom is -0.314 e. The van der Waals surface area contributed by atoms with E-state index in [0.29, 0.717) is 0 Å². The van der Waals surface area contributed by atoms with Crippen LogP contribution in [-0.4, -0.2) is 12.6 Å². The van der Waals surface area contributed by atoms with Gasteiger partial charge in [-0.2, -0.15) is 0 Å². The van der Waals surface area contributed by atoms with Gasteiger partial charge in [0, 0.05) is 6.04 Å². The molecule has 0 bridgehead atoms. The highest BCUT2D eigenvalue weighted by molar-refractivity contribution is 4.62. The van der Waals surface area contributed by atoms with E-state index >= 15 is 0 Å². The third-order valence-electron chi connectivity index (χ3n) is 1.89. The van der Waals surface area contributed by atoms with Crippen molar-refractivity contribution >= 4 is 0 Å². The van der Waals surface area contributed by atoms with Gasteiger partial charge in [0.2, 0.25) is 0 Å². The zero-order valence-electron chi connectivity index (χ0n) is 9.61. The maximum atomic E-state index is 3.47. The molecule has 0 aromatic heterocycles. The minimum atomic E-state index is 0.768. The normalized spacial score (nSPS) is 11.8. The zero-order valence-corrected chi connectivity index (χ0v) is 9.61. The molecule has 0 spiro atoms. The van der Waals surface area contributed by atoms with Gasteiger partial charge in [-0.05, 0) is 19.4 Å². The summed E-state index contributed by atoms with van der Waals surface area (Å²) in [5, 5.41) is 3.47. The highest BCUT2D eigenvalue weighted by atomic mass is 14.9. The van der Waals surface area contributed by atoms with Gasteiger partial charge in [0.05, 0.1) is 0 Å². The molecule has 0 radical (unpaired) electrons. The fraction of sp³-hybridized carbons (Fsp3) is 1.00. The van der Waals surface area contributed by atoms with E-state index in [2.05, 4.69) is 26.1 Å². The van der Waals surface area contributed by atoms with Crippen molar-refractivity contribution < 1.29 is 0 Å². The Kier molecular flexibility index (Phi) is 16.3. The minimum absolute atomic E-state index is 0.768. The molecule has 0 saturated heterocycles. The van der Waals surface area contributed by atoms with Gasteiger partial charge in [-0.1, -0.05) is 47.5 Å². The molecule has 1 heteroatoms. The number of unbranched alkanes of at least 4 members (excludes halogenated alkanes) is 1. The lowest BCUT2D eigenvalue weighted by molar-refractivity contribution is 0.464. The first-order valence-electron chi connectivity index (χ1n) is 5.58. The molecule has 1 atom stereocenters. The van der Waals surface area contributed by atoms with Gasteiger partial charge >= 0.3 is 0 Å². The second-order valence-electron chi connectivity index (χ2n) is 2.81. The molecule has 12 heavy (non-hydrogen) atoms. The summed E-state index contributed by atoms with van der Waals surface area (Å²) < 4.78 is 0. The van der Waals surface area contributed by atoms with Crippen LogP contribution >= 0.6 is 0 Å². The van der Waals surface area contributed by atoms with E-state index in [-0.39, 0.29) is 0 Å². The zero-order chi connectivity index (χ0) is 9.82. The van der Waals surface area contributed by atoms with Crippen molar-refractivity contribution in [2.45, 2.75) is 66.3 Å². The lowest BCUT2D eigenvalue weighted by Crippen LogP contribution is -2.27. The summed E-state index contributed by atoms with van der Waals surface area (Å²) in [6, 6.07) is 0.768. The predicted octanol–water partition coefficient (Wildman–Crippen LogP) is 3.59. The number of hydrogen-bond acceptors (Lipinski definition) is 1. The van der Waals surface area contributed by atoms with Gasteiger partial charge in [-0.25, -0.2) is 0 Å². The first-order valence-corrected chi connectivity index (χ1v) is 5.58. The summed E-state index contributed by atoms with van der Waals surface area (Å²) in [5.41, 5.74) is 0. The van der Waals surface area contributed by atoms with E-state index in [1.54, 1.807) is 0 Å². The number of nitrogens with one attached hydrogen (secondary N) is 1. The maximum Gasteiger partial charge on any atom is 0.00643 e. The third kappa shape index (κ3) is 9.96. The maximum absolute atomic E-state index is 3.47. The van der Waals surface area contributed by atoms with Gasteiger partial charge in [-0.3, -0.25) is 0 Å². The Labute approximate surface area is 78.9 Å². The first-order chi connectivity index (χ1) is 5.85. The quantitative estimate of drug-likeness (QED) is 0.647. The molecule has 1 nitrogen and oxygen atoms in total. The van der Waals surface area contributed by atoms with Crippen LogP contribution in [0.4, 0.5) is 0 Å². The molecule has 0 aliphatic carbocycles. The predicted molar refractivity (Wildman–Crippen MR) is 58.6 cm³/mol. The molecular formula is C11H27N. The van der Waals surface area contributed by atoms with Crippen LogP contribution in [0.15, 0.2) is 0 Å². The Bertz CT molecular complexity index is 62.0. The smallest absolute Gasteiger partial charge is 0.00643 e. The van der Waals surface area contributed by atoms with Crippen molar-refractivity contribution in [2.24, 2.45) is 0 Å². The third-order valence-corrected chi connectivity index (χ3v) is 1.89. The van der Waals surface area contributed by atoms with E-state index in [1.807, 2.05) is 13.8 Å². The number of hydrogen-bond donors (Lipinski definition) is 1. The molecule has 0 rings (SSSR count). The van der Waals surface area contributed by atoms with Crippen LogP contribution in [0, 0.1) is 0 Å². The molecule has 0 fully saturated rings. The molecule has 0 heterocycles. The highest BCUT2D eigenvalue weighted by Gasteiger charge is 2.01. The van der Waals surface area contributed by atoms with Crippen LogP contribution in [0.5, 0.6) is 0 Å². The molecule has 76 valence electrons. The molecule has 0 aromatic rings. The van der Waals surface area contributed by atoms with Crippen LogP contribution in [0.2, 0.25) is 0 Å². The van der Waals surface area contributed by atoms with Crippen LogP contribution in [0.3, 0.4) is 0 Å². The Morgan fingerprint density at radius 2 is 1.67 bits per heavy atom. The molecule has 0 aromatic carbocycles. The molecule has 0 aliphatic rings. The second-order valence-corrected chi connectivity index (χ2v) is 2.81. The first kappa shape index (κ1) is 14.5. The molecule has 0 aliphatic heterocycles. The molecule has 0 amide bonds. The molecular weight excluding hydrogens is 146 g/mol. The number of rotatable bonds is 6. The average molecular weight is 173 g/mol. The van der Waals surface area contributed by atoms with Gasteiger partial charge in [0.25, 0.3) is 0 Å². The van der Waals surface area contributed by atoms with Crippen LogP contribution < -0.4 is 5.32 Å². The summed E-state index contributed by atoms with van der Waals surface area (Å²) >= 11 is 0. The van der Waals surface area contributed by atoms with E-state index in [1.165, 1.54) is 25.7 Å². The Hall–Kier alpha value is -0.0400. The summed E-state index contributed by atoms with van der Waals surface area (Å²) in [6.45, 7) is 11.8. The van der Waals surface area contributed by atoms with Crippen molar-refractivity contribution in [3.8, 4) is 0 Å². The average Bonchev–Trinajstić information content (AvgIpc) is 2.15. The van der Waals surface area contributed by atoms with Crippen molar-refractivity contribution in [2.75, 3.05) is 6.54 Å². The lowest BCUT2D eigenvalue weighted by Gasteiger charge is -2.14. The molecule has 1 unspecified atom stereocenters. The van der Waals surface area contributed by atoms with Gasteiger partial charge in [0.1, 0.15) is 0 Å². The van der Waals surface area contributed by atoms with Gasteiger partial charge < -0.3 is 5.32 Å². The van der Waals surface area contributed by atoms with Crippen molar-refractivity contribution in [3.05, 3.63) is 0 Å². The van der Waals surface area contributed by atoms with Crippen LogP contribution in [0.25, 0.3) is 0 Å². The topological polar surface area (TPSA) is 12.0 Å². The summed E-state index contributed by atoms with van der Waals surface area (Å²) in [4.78, 5) is 0. The van der Waals surface area contributed by atoms with Crippen molar-refractivity contribution in [1.82, 2.24) is 5.32 Å². The Balaban J connectivity index is 0. The monoisotopic (exact) mass is 173 g/mol.